The third-order valence-electron chi connectivity index (χ3n) is 2.64. The van der Waals surface area contributed by atoms with Crippen LogP contribution in [0.2, 0.25) is 5.02 Å². The van der Waals surface area contributed by atoms with Crippen LogP contribution in [0.1, 0.15) is 18.9 Å². The van der Waals surface area contributed by atoms with Crippen LogP contribution in [0.25, 0.3) is 5.57 Å². The molecule has 5 nitrogen and oxygen atoms in total. The van der Waals surface area contributed by atoms with Gasteiger partial charge in [-0.15, -0.1) is 0 Å². The summed E-state index contributed by atoms with van der Waals surface area (Å²) in [6.45, 7) is 2.53. The molecule has 116 valence electrons. The van der Waals surface area contributed by atoms with Crippen molar-refractivity contribution in [3.63, 3.8) is 0 Å². The number of amides is 1. The van der Waals surface area contributed by atoms with Crippen LogP contribution in [0.5, 0.6) is 0 Å². The lowest BCUT2D eigenvalue weighted by Crippen LogP contribution is -2.28. The second kappa shape index (κ2) is 8.17. The second-order valence-electron chi connectivity index (χ2n) is 4.65. The van der Waals surface area contributed by atoms with Crippen LogP contribution in [0.3, 0.4) is 0 Å². The van der Waals surface area contributed by atoms with Crippen molar-refractivity contribution in [3.05, 3.63) is 40.9 Å². The third kappa shape index (κ3) is 7.84. The average molecular weight is 331 g/mol. The highest BCUT2D eigenvalue weighted by molar-refractivity contribution is 7.88. The number of carbonyl (C=O) groups excluding carboxylic acids is 1. The first-order valence-corrected chi connectivity index (χ1v) is 8.71. The number of allylic oxidation sites excluding steroid dienone is 1. The smallest absolute Gasteiger partial charge is 0.244 e. The predicted octanol–water partition coefficient (Wildman–Crippen LogP) is 1.80. The first kappa shape index (κ1) is 17.7. The van der Waals surface area contributed by atoms with E-state index in [1.165, 1.54) is 6.08 Å². The van der Waals surface area contributed by atoms with Gasteiger partial charge in [-0.1, -0.05) is 23.7 Å². The van der Waals surface area contributed by atoms with Gasteiger partial charge in [0.05, 0.1) is 6.26 Å². The summed E-state index contributed by atoms with van der Waals surface area (Å²) in [6, 6.07) is 7.26. The van der Waals surface area contributed by atoms with Gasteiger partial charge in [0.25, 0.3) is 0 Å². The number of hydrogen-bond donors (Lipinski definition) is 2. The molecule has 0 saturated carbocycles. The number of nitrogens with one attached hydrogen (secondary N) is 2. The molecule has 0 heterocycles. The quantitative estimate of drug-likeness (QED) is 0.591. The lowest BCUT2D eigenvalue weighted by Gasteiger charge is -2.05. The molecule has 21 heavy (non-hydrogen) atoms. The van der Waals surface area contributed by atoms with E-state index >= 15 is 0 Å². The van der Waals surface area contributed by atoms with Gasteiger partial charge in [0.1, 0.15) is 0 Å². The molecular formula is C14H19ClN2O3S. The maximum absolute atomic E-state index is 11.7. The summed E-state index contributed by atoms with van der Waals surface area (Å²) in [6.07, 6.45) is 3.13. The fraction of sp³-hybridized carbons (Fsp3) is 0.357. The zero-order chi connectivity index (χ0) is 15.9. The highest BCUT2D eigenvalue weighted by Gasteiger charge is 2.02. The number of carbonyl (C=O) groups is 1. The molecule has 0 saturated heterocycles. The summed E-state index contributed by atoms with van der Waals surface area (Å²) in [5.41, 5.74) is 1.70. The van der Waals surface area contributed by atoms with E-state index < -0.39 is 10.0 Å². The van der Waals surface area contributed by atoms with E-state index in [1.807, 2.05) is 19.1 Å². The highest BCUT2D eigenvalue weighted by Crippen LogP contribution is 2.17. The third-order valence-corrected chi connectivity index (χ3v) is 3.61. The van der Waals surface area contributed by atoms with Crippen molar-refractivity contribution in [3.8, 4) is 0 Å². The molecule has 1 aromatic carbocycles. The fourth-order valence-electron chi connectivity index (χ4n) is 1.62. The molecule has 0 atom stereocenters. The minimum atomic E-state index is -3.17. The predicted molar refractivity (Wildman–Crippen MR) is 85.6 cm³/mol. The molecule has 1 rings (SSSR count). The van der Waals surface area contributed by atoms with Crippen molar-refractivity contribution < 1.29 is 13.2 Å². The minimum Gasteiger partial charge on any atom is -0.352 e. The first-order valence-electron chi connectivity index (χ1n) is 6.44. The van der Waals surface area contributed by atoms with Crippen molar-refractivity contribution >= 4 is 33.1 Å². The van der Waals surface area contributed by atoms with Crippen molar-refractivity contribution in [2.24, 2.45) is 0 Å². The van der Waals surface area contributed by atoms with Gasteiger partial charge in [0.15, 0.2) is 0 Å². The average Bonchev–Trinajstić information content (AvgIpc) is 2.36. The standard InChI is InChI=1S/C14H19ClN2O3S/c1-11(12-5-3-6-13(15)10-12)9-14(18)16-7-4-8-17-21(2,19)20/h3,5-6,9-10,17H,4,7-8H2,1-2H3,(H,16,18)/b11-9+. The Morgan fingerprint density at radius 1 is 1.33 bits per heavy atom. The first-order chi connectivity index (χ1) is 9.78. The van der Waals surface area contributed by atoms with E-state index in [4.69, 9.17) is 11.6 Å². The van der Waals surface area contributed by atoms with Gasteiger partial charge in [-0.05, 0) is 36.6 Å². The molecular weight excluding hydrogens is 312 g/mol. The van der Waals surface area contributed by atoms with Crippen LogP contribution in [0, 0.1) is 0 Å². The Kier molecular flexibility index (Phi) is 6.87. The zero-order valence-electron chi connectivity index (χ0n) is 12.0. The van der Waals surface area contributed by atoms with Gasteiger partial charge in [0.2, 0.25) is 15.9 Å². The van der Waals surface area contributed by atoms with Gasteiger partial charge < -0.3 is 5.32 Å². The summed E-state index contributed by atoms with van der Waals surface area (Å²) >= 11 is 5.90. The normalized spacial score (nSPS) is 12.2. The molecule has 2 N–H and O–H groups in total. The lowest BCUT2D eigenvalue weighted by molar-refractivity contribution is -0.116. The summed E-state index contributed by atoms with van der Waals surface area (Å²) in [5.74, 6) is -0.216. The number of halogens is 1. The van der Waals surface area contributed by atoms with Crippen LogP contribution in [0.15, 0.2) is 30.3 Å². The second-order valence-corrected chi connectivity index (χ2v) is 6.92. The topological polar surface area (TPSA) is 75.3 Å². The minimum absolute atomic E-state index is 0.216. The lowest BCUT2D eigenvalue weighted by atomic mass is 10.1. The summed E-state index contributed by atoms with van der Waals surface area (Å²) in [5, 5.41) is 3.32. The fourth-order valence-corrected chi connectivity index (χ4v) is 2.33. The van der Waals surface area contributed by atoms with Crippen molar-refractivity contribution in [1.82, 2.24) is 10.0 Å². The Morgan fingerprint density at radius 2 is 2.05 bits per heavy atom. The Bertz CT molecular complexity index is 627. The summed E-state index contributed by atoms with van der Waals surface area (Å²) in [4.78, 5) is 11.7. The van der Waals surface area contributed by atoms with Crippen LogP contribution in [0.4, 0.5) is 0 Å². The Hall–Kier alpha value is -1.37. The van der Waals surface area contributed by atoms with E-state index in [-0.39, 0.29) is 5.91 Å². The van der Waals surface area contributed by atoms with Crippen LogP contribution in [-0.2, 0) is 14.8 Å². The van der Waals surface area contributed by atoms with E-state index in [2.05, 4.69) is 10.0 Å². The number of sulfonamides is 1. The van der Waals surface area contributed by atoms with Gasteiger partial charge in [0, 0.05) is 24.2 Å². The highest BCUT2D eigenvalue weighted by atomic mass is 35.5. The summed E-state index contributed by atoms with van der Waals surface area (Å²) in [7, 11) is -3.17. The Morgan fingerprint density at radius 3 is 2.67 bits per heavy atom. The molecule has 0 aliphatic carbocycles. The van der Waals surface area contributed by atoms with Crippen LogP contribution < -0.4 is 10.0 Å². The van der Waals surface area contributed by atoms with Crippen LogP contribution >= 0.6 is 11.6 Å². The molecule has 7 heteroatoms. The van der Waals surface area contributed by atoms with Crippen molar-refractivity contribution in [2.75, 3.05) is 19.3 Å². The molecule has 0 aliphatic rings. The van der Waals surface area contributed by atoms with Gasteiger partial charge in [-0.2, -0.15) is 0 Å². The van der Waals surface area contributed by atoms with Gasteiger partial charge in [-0.3, -0.25) is 4.79 Å². The number of benzene rings is 1. The number of hydrogen-bond acceptors (Lipinski definition) is 3. The van der Waals surface area contributed by atoms with Gasteiger partial charge in [-0.25, -0.2) is 13.1 Å². The van der Waals surface area contributed by atoms with E-state index in [0.717, 1.165) is 17.4 Å². The van der Waals surface area contributed by atoms with Crippen molar-refractivity contribution in [1.29, 1.82) is 0 Å². The van der Waals surface area contributed by atoms with Crippen molar-refractivity contribution in [2.45, 2.75) is 13.3 Å². The largest absolute Gasteiger partial charge is 0.352 e. The van der Waals surface area contributed by atoms with E-state index in [0.29, 0.717) is 24.5 Å². The van der Waals surface area contributed by atoms with Crippen LogP contribution in [-0.4, -0.2) is 33.7 Å². The SMILES string of the molecule is C/C(=C\C(=O)NCCCNS(C)(=O)=O)c1cccc(Cl)c1. The van der Waals surface area contributed by atoms with E-state index in [1.54, 1.807) is 12.1 Å². The molecule has 0 aliphatic heterocycles. The monoisotopic (exact) mass is 330 g/mol. The molecule has 0 unspecified atom stereocenters. The summed E-state index contributed by atoms with van der Waals surface area (Å²) < 4.78 is 24.0. The molecule has 0 fully saturated rings. The van der Waals surface area contributed by atoms with Gasteiger partial charge >= 0.3 is 0 Å². The molecule has 1 aromatic rings. The molecule has 0 spiro atoms. The number of rotatable bonds is 7. The molecule has 0 aromatic heterocycles. The zero-order valence-corrected chi connectivity index (χ0v) is 13.6. The molecule has 0 bridgehead atoms. The van der Waals surface area contributed by atoms with E-state index in [9.17, 15) is 13.2 Å². The molecule has 1 amide bonds. The molecule has 0 radical (unpaired) electrons. The Labute approximate surface area is 130 Å². The Balaban J connectivity index is 2.41. The maximum Gasteiger partial charge on any atom is 0.244 e. The maximum atomic E-state index is 11.7.